The van der Waals surface area contributed by atoms with Crippen LogP contribution in [0.25, 0.3) is 0 Å². The molecule has 1 saturated heterocycles. The van der Waals surface area contributed by atoms with Crippen molar-refractivity contribution in [1.82, 2.24) is 15.5 Å². The minimum Gasteiger partial charge on any atom is -0.379 e. The second-order valence-corrected chi connectivity index (χ2v) is 7.61. The van der Waals surface area contributed by atoms with Crippen molar-refractivity contribution in [2.24, 2.45) is 10.9 Å². The van der Waals surface area contributed by atoms with Gasteiger partial charge in [-0.1, -0.05) is 19.1 Å². The summed E-state index contributed by atoms with van der Waals surface area (Å²) in [6.45, 7) is 9.83. The Bertz CT molecular complexity index is 673. The Balaban J connectivity index is 1.48. The lowest BCUT2D eigenvalue weighted by molar-refractivity contribution is -0.116. The fourth-order valence-corrected chi connectivity index (χ4v) is 3.24. The van der Waals surface area contributed by atoms with Crippen molar-refractivity contribution < 1.29 is 9.53 Å². The molecule has 2 fully saturated rings. The standard InChI is InChI=1S/C21H33N5O2/c1-3-22-21(25-19-13-16(19)2)23-15-17-5-4-6-18(14-17)24-20(27)7-8-26-9-11-28-12-10-26/h4-6,14,16,19H,3,7-13,15H2,1-2H3,(H,24,27)(H2,22,23,25). The molecule has 1 heterocycles. The van der Waals surface area contributed by atoms with E-state index in [2.05, 4.69) is 39.7 Å². The SMILES string of the molecule is CCNC(=NCc1cccc(NC(=O)CCN2CCOCC2)c1)NC1CC1C. The Morgan fingerprint density at radius 3 is 2.82 bits per heavy atom. The zero-order valence-corrected chi connectivity index (χ0v) is 17.0. The molecule has 0 bridgehead atoms. The Labute approximate surface area is 167 Å². The van der Waals surface area contributed by atoms with Gasteiger partial charge in [-0.05, 0) is 37.0 Å². The summed E-state index contributed by atoms with van der Waals surface area (Å²) in [4.78, 5) is 19.2. The number of carbonyl (C=O) groups is 1. The monoisotopic (exact) mass is 387 g/mol. The van der Waals surface area contributed by atoms with Crippen LogP contribution in [0.1, 0.15) is 32.3 Å². The van der Waals surface area contributed by atoms with E-state index in [4.69, 9.17) is 4.74 Å². The van der Waals surface area contributed by atoms with Crippen LogP contribution in [0.4, 0.5) is 5.69 Å². The van der Waals surface area contributed by atoms with Crippen molar-refractivity contribution in [1.29, 1.82) is 0 Å². The van der Waals surface area contributed by atoms with Crippen molar-refractivity contribution in [3.05, 3.63) is 29.8 Å². The van der Waals surface area contributed by atoms with Crippen LogP contribution < -0.4 is 16.0 Å². The zero-order chi connectivity index (χ0) is 19.8. The van der Waals surface area contributed by atoms with Crippen molar-refractivity contribution in [3.63, 3.8) is 0 Å². The van der Waals surface area contributed by atoms with Crippen molar-refractivity contribution in [2.75, 3.05) is 44.7 Å². The highest BCUT2D eigenvalue weighted by atomic mass is 16.5. The summed E-state index contributed by atoms with van der Waals surface area (Å²) in [5.41, 5.74) is 1.90. The largest absolute Gasteiger partial charge is 0.379 e. The van der Waals surface area contributed by atoms with Gasteiger partial charge in [-0.25, -0.2) is 4.99 Å². The zero-order valence-electron chi connectivity index (χ0n) is 17.0. The lowest BCUT2D eigenvalue weighted by atomic mass is 10.2. The van der Waals surface area contributed by atoms with E-state index in [1.807, 2.05) is 24.3 Å². The van der Waals surface area contributed by atoms with E-state index < -0.39 is 0 Å². The van der Waals surface area contributed by atoms with Crippen LogP contribution in [0.3, 0.4) is 0 Å². The molecule has 1 aliphatic heterocycles. The quantitative estimate of drug-likeness (QED) is 0.468. The van der Waals surface area contributed by atoms with Gasteiger partial charge in [-0.3, -0.25) is 9.69 Å². The predicted octanol–water partition coefficient (Wildman–Crippen LogP) is 1.81. The molecule has 2 aliphatic rings. The van der Waals surface area contributed by atoms with Gasteiger partial charge in [0.2, 0.25) is 5.91 Å². The number of morpholine rings is 1. The van der Waals surface area contributed by atoms with Crippen molar-refractivity contribution >= 4 is 17.6 Å². The molecule has 2 unspecified atom stereocenters. The van der Waals surface area contributed by atoms with Crippen LogP contribution in [0, 0.1) is 5.92 Å². The van der Waals surface area contributed by atoms with E-state index >= 15 is 0 Å². The predicted molar refractivity (Wildman–Crippen MR) is 112 cm³/mol. The molecule has 7 heteroatoms. The normalized spacial score (nSPS) is 22.6. The topological polar surface area (TPSA) is 78.0 Å². The van der Waals surface area contributed by atoms with Gasteiger partial charge in [0.05, 0.1) is 19.8 Å². The lowest BCUT2D eigenvalue weighted by Gasteiger charge is -2.26. The molecule has 0 aromatic heterocycles. The second-order valence-electron chi connectivity index (χ2n) is 7.61. The number of ether oxygens (including phenoxy) is 1. The molecule has 1 saturated carbocycles. The third-order valence-electron chi connectivity index (χ3n) is 5.17. The molecule has 1 aromatic rings. The van der Waals surface area contributed by atoms with E-state index in [-0.39, 0.29) is 5.91 Å². The second kappa shape index (κ2) is 10.4. The summed E-state index contributed by atoms with van der Waals surface area (Å²) in [6, 6.07) is 8.46. The Morgan fingerprint density at radius 2 is 2.11 bits per heavy atom. The highest BCUT2D eigenvalue weighted by Gasteiger charge is 2.33. The van der Waals surface area contributed by atoms with Gasteiger partial charge in [0.25, 0.3) is 0 Å². The molecule has 1 aromatic carbocycles. The number of carbonyl (C=O) groups excluding carboxylic acids is 1. The Morgan fingerprint density at radius 1 is 1.32 bits per heavy atom. The molecule has 28 heavy (non-hydrogen) atoms. The van der Waals surface area contributed by atoms with Gasteiger partial charge in [-0.15, -0.1) is 0 Å². The van der Waals surface area contributed by atoms with E-state index in [1.165, 1.54) is 6.42 Å². The molecular weight excluding hydrogens is 354 g/mol. The van der Waals surface area contributed by atoms with E-state index in [1.54, 1.807) is 0 Å². The fraction of sp³-hybridized carbons (Fsp3) is 0.619. The number of hydrogen-bond donors (Lipinski definition) is 3. The highest BCUT2D eigenvalue weighted by Crippen LogP contribution is 2.28. The van der Waals surface area contributed by atoms with Gasteiger partial charge >= 0.3 is 0 Å². The molecule has 1 aliphatic carbocycles. The van der Waals surface area contributed by atoms with Gasteiger partial charge in [0, 0.05) is 44.3 Å². The molecule has 2 atom stereocenters. The first-order valence-electron chi connectivity index (χ1n) is 10.4. The summed E-state index contributed by atoms with van der Waals surface area (Å²) in [6.07, 6.45) is 1.70. The Hall–Kier alpha value is -2.12. The third-order valence-corrected chi connectivity index (χ3v) is 5.17. The number of guanidine groups is 1. The number of rotatable bonds is 8. The first-order valence-corrected chi connectivity index (χ1v) is 10.4. The van der Waals surface area contributed by atoms with Gasteiger partial charge in [0.15, 0.2) is 5.96 Å². The van der Waals surface area contributed by atoms with Crippen LogP contribution in [0.5, 0.6) is 0 Å². The average Bonchev–Trinajstić information content (AvgIpc) is 3.40. The van der Waals surface area contributed by atoms with Gasteiger partial charge < -0.3 is 20.7 Å². The van der Waals surface area contributed by atoms with Gasteiger partial charge in [-0.2, -0.15) is 0 Å². The number of hydrogen-bond acceptors (Lipinski definition) is 4. The average molecular weight is 388 g/mol. The molecule has 3 N–H and O–H groups in total. The number of nitrogens with zero attached hydrogens (tertiary/aromatic N) is 2. The first-order chi connectivity index (χ1) is 13.6. The fourth-order valence-electron chi connectivity index (χ4n) is 3.24. The number of aliphatic imine (C=N–C) groups is 1. The van der Waals surface area contributed by atoms with Crippen LogP contribution >= 0.6 is 0 Å². The molecule has 0 radical (unpaired) electrons. The van der Waals surface area contributed by atoms with Crippen molar-refractivity contribution in [3.8, 4) is 0 Å². The summed E-state index contributed by atoms with van der Waals surface area (Å²) in [7, 11) is 0. The third kappa shape index (κ3) is 6.80. The number of benzene rings is 1. The number of nitrogens with one attached hydrogen (secondary N) is 3. The number of anilines is 1. The Kier molecular flexibility index (Phi) is 7.68. The van der Waals surface area contributed by atoms with E-state index in [0.29, 0.717) is 19.0 Å². The van der Waals surface area contributed by atoms with Crippen LogP contribution in [0.2, 0.25) is 0 Å². The minimum atomic E-state index is 0.0462. The first kappa shape index (κ1) is 20.6. The maximum absolute atomic E-state index is 12.3. The molecule has 154 valence electrons. The molecular formula is C21H33N5O2. The van der Waals surface area contributed by atoms with E-state index in [0.717, 1.165) is 62.5 Å². The van der Waals surface area contributed by atoms with Crippen LogP contribution in [0.15, 0.2) is 29.3 Å². The highest BCUT2D eigenvalue weighted by molar-refractivity contribution is 5.90. The smallest absolute Gasteiger partial charge is 0.225 e. The molecule has 0 spiro atoms. The van der Waals surface area contributed by atoms with Crippen LogP contribution in [-0.2, 0) is 16.1 Å². The summed E-state index contributed by atoms with van der Waals surface area (Å²) >= 11 is 0. The lowest BCUT2D eigenvalue weighted by Crippen LogP contribution is -2.39. The molecule has 1 amide bonds. The molecule has 3 rings (SSSR count). The number of amides is 1. The van der Waals surface area contributed by atoms with Crippen molar-refractivity contribution in [2.45, 2.75) is 39.3 Å². The maximum Gasteiger partial charge on any atom is 0.225 e. The minimum absolute atomic E-state index is 0.0462. The summed E-state index contributed by atoms with van der Waals surface area (Å²) in [5, 5.41) is 9.76. The summed E-state index contributed by atoms with van der Waals surface area (Å²) < 4.78 is 5.34. The van der Waals surface area contributed by atoms with Gasteiger partial charge in [0.1, 0.15) is 0 Å². The summed E-state index contributed by atoms with van der Waals surface area (Å²) in [5.74, 6) is 1.63. The van der Waals surface area contributed by atoms with E-state index in [9.17, 15) is 4.79 Å². The van der Waals surface area contributed by atoms with Crippen LogP contribution in [-0.4, -0.2) is 62.2 Å². The maximum atomic E-state index is 12.3. The molecule has 7 nitrogen and oxygen atoms in total.